The van der Waals surface area contributed by atoms with Gasteiger partial charge in [-0.15, -0.1) is 0 Å². The average Bonchev–Trinajstić information content (AvgIpc) is 3.92. The van der Waals surface area contributed by atoms with Gasteiger partial charge in [-0.25, -0.2) is 4.98 Å². The number of aromatic nitrogens is 4. The number of allylic oxidation sites excluding steroid dienone is 2. The molecule has 2 atom stereocenters. The van der Waals surface area contributed by atoms with Crippen LogP contribution in [0, 0.1) is 13.8 Å². The molecule has 3 aromatic rings. The second-order valence-electron chi connectivity index (χ2n) is 14.2. The van der Waals surface area contributed by atoms with E-state index >= 15 is 0 Å². The maximum absolute atomic E-state index is 13.0. The van der Waals surface area contributed by atoms with Gasteiger partial charge in [0, 0.05) is 69.8 Å². The molecule has 0 unspecified atom stereocenters. The van der Waals surface area contributed by atoms with Crippen LogP contribution in [0.25, 0.3) is 33.2 Å². The third-order valence-electron chi connectivity index (χ3n) is 10.9. The van der Waals surface area contributed by atoms with E-state index in [4.69, 9.17) is 33.7 Å². The summed E-state index contributed by atoms with van der Waals surface area (Å²) in [5.74, 6) is -0.524. The summed E-state index contributed by atoms with van der Waals surface area (Å²) in [7, 11) is 0. The van der Waals surface area contributed by atoms with Crippen molar-refractivity contribution < 1.29 is 38.4 Å². The van der Waals surface area contributed by atoms with Crippen LogP contribution >= 0.6 is 0 Å². The lowest BCUT2D eigenvalue weighted by atomic mass is 9.85. The van der Waals surface area contributed by atoms with Crippen LogP contribution in [-0.4, -0.2) is 89.8 Å². The van der Waals surface area contributed by atoms with Gasteiger partial charge in [-0.3, -0.25) is 14.6 Å². The maximum atomic E-state index is 13.0. The number of ether oxygens (including phenoxy) is 5. The van der Waals surface area contributed by atoms with Crippen molar-refractivity contribution in [3.05, 3.63) is 68.8 Å². The summed E-state index contributed by atoms with van der Waals surface area (Å²) in [6.45, 7) is 14.6. The Labute approximate surface area is 316 Å². The van der Waals surface area contributed by atoms with Gasteiger partial charge in [0.25, 0.3) is 0 Å². The van der Waals surface area contributed by atoms with E-state index in [1.807, 2.05) is 6.92 Å². The smallest absolute Gasteiger partial charge is 0.305 e. The molecule has 6 rings (SSSR count). The molecule has 3 aromatic heterocycles. The summed E-state index contributed by atoms with van der Waals surface area (Å²) < 4.78 is 26.7. The Morgan fingerprint density at radius 2 is 1.41 bits per heavy atom. The molecule has 5 heterocycles. The summed E-state index contributed by atoms with van der Waals surface area (Å²) in [4.78, 5) is 41.5. The average molecular weight is 743 g/mol. The number of hydrogen-bond acceptors (Lipinski definition) is 10. The topological polar surface area (TPSA) is 158 Å². The van der Waals surface area contributed by atoms with Crippen LogP contribution in [0.1, 0.15) is 109 Å². The summed E-state index contributed by atoms with van der Waals surface area (Å²) >= 11 is 0. The molecule has 1 aliphatic carbocycles. The molecule has 0 saturated carbocycles. The van der Waals surface area contributed by atoms with E-state index in [0.717, 1.165) is 75.2 Å². The van der Waals surface area contributed by atoms with Gasteiger partial charge < -0.3 is 38.8 Å². The van der Waals surface area contributed by atoms with Crippen LogP contribution in [0.4, 0.5) is 0 Å². The third kappa shape index (κ3) is 8.62. The number of H-pyrrole nitrogens is 2. The van der Waals surface area contributed by atoms with E-state index in [1.165, 1.54) is 34.8 Å². The van der Waals surface area contributed by atoms with Crippen LogP contribution in [-0.2, 0) is 52.7 Å². The van der Waals surface area contributed by atoms with E-state index in [2.05, 4.69) is 55.9 Å². The number of rotatable bonds is 17. The highest BCUT2D eigenvalue weighted by atomic mass is 16.6. The minimum absolute atomic E-state index is 0.0161. The molecule has 3 aliphatic rings. The van der Waals surface area contributed by atoms with E-state index in [0.29, 0.717) is 39.5 Å². The third-order valence-corrected chi connectivity index (χ3v) is 10.9. The number of aliphatic hydroxyl groups excluding tert-OH is 1. The zero-order chi connectivity index (χ0) is 38.4. The second kappa shape index (κ2) is 17.9. The van der Waals surface area contributed by atoms with Gasteiger partial charge in [-0.05, 0) is 92.5 Å². The van der Waals surface area contributed by atoms with E-state index < -0.39 is 0 Å². The molecule has 3 N–H and O–H groups in total. The van der Waals surface area contributed by atoms with Gasteiger partial charge in [0.05, 0.1) is 57.6 Å². The number of carbonyl (C=O) groups is 2. The minimum Gasteiger partial charge on any atom is -0.463 e. The highest BCUT2D eigenvalue weighted by Crippen LogP contribution is 2.47. The van der Waals surface area contributed by atoms with E-state index in [9.17, 15) is 14.7 Å². The van der Waals surface area contributed by atoms with Gasteiger partial charge in [-0.1, -0.05) is 13.8 Å². The molecule has 54 heavy (non-hydrogen) atoms. The molecular weight excluding hydrogens is 688 g/mol. The van der Waals surface area contributed by atoms with Crippen molar-refractivity contribution in [1.29, 1.82) is 0 Å². The fourth-order valence-electron chi connectivity index (χ4n) is 7.85. The number of esters is 2. The molecule has 0 amide bonds. The first kappa shape index (κ1) is 39.3. The summed E-state index contributed by atoms with van der Waals surface area (Å²) in [6, 6.07) is 6.40. The largest absolute Gasteiger partial charge is 0.463 e. The zero-order valence-electron chi connectivity index (χ0n) is 32.5. The first-order chi connectivity index (χ1) is 26.1. The molecule has 0 aromatic carbocycles. The zero-order valence-corrected chi connectivity index (χ0v) is 32.5. The van der Waals surface area contributed by atoms with E-state index in [1.54, 1.807) is 0 Å². The van der Waals surface area contributed by atoms with Gasteiger partial charge >= 0.3 is 11.9 Å². The lowest BCUT2D eigenvalue weighted by molar-refractivity contribution is -0.145. The Kier molecular flexibility index (Phi) is 13.0. The first-order valence-electron chi connectivity index (χ1n) is 19.2. The number of nitrogens with zero attached hydrogens (tertiary/aromatic N) is 2. The first-order valence-corrected chi connectivity index (χ1v) is 19.2. The number of carbonyl (C=O) groups excluding carboxylic acids is 2. The molecule has 0 spiro atoms. The van der Waals surface area contributed by atoms with Crippen LogP contribution in [0.5, 0.6) is 0 Å². The predicted molar refractivity (Wildman–Crippen MR) is 207 cm³/mol. The lowest BCUT2D eigenvalue weighted by Crippen LogP contribution is -2.15. The van der Waals surface area contributed by atoms with Gasteiger partial charge in [0.2, 0.25) is 0 Å². The van der Waals surface area contributed by atoms with Gasteiger partial charge in [0.1, 0.15) is 13.2 Å². The SMILES string of the molecule is CCc1c(C)c2cc3[nH]c(cc4nc(c5c6nc(cc1[nH]2)C(C)=C6CC5)[C@@H](CCC(=O)OCCOCCOCCOCCOC(C)=O)[C@@H]4C)c(C)c3CO. The molecule has 0 saturated heterocycles. The summed E-state index contributed by atoms with van der Waals surface area (Å²) in [5.41, 5.74) is 15.8. The number of hydrogen-bond donors (Lipinski definition) is 3. The lowest BCUT2D eigenvalue weighted by Gasteiger charge is -2.17. The molecular formula is C42H54N4O8. The number of nitrogens with one attached hydrogen (secondary N) is 2. The van der Waals surface area contributed by atoms with Crippen LogP contribution in [0.3, 0.4) is 0 Å². The standard InChI is InChI=1S/C42H54N4O8/c1-7-29-24(2)35-21-39-33(23-47)27(5)34(44-39)20-36-26(4)31(42(45-36)32-9-8-30-25(3)37(46-41(30)32)22-38(29)43-35)10-11-40(49)54-19-17-52-15-13-50-12-14-51-16-18-53-28(6)48/h20-22,26,31,43-44,47H,7-19,23H2,1-6H3/t26-,31-/m0/s1. The van der Waals surface area contributed by atoms with Crippen molar-refractivity contribution in [3.63, 3.8) is 0 Å². The predicted octanol–water partition coefficient (Wildman–Crippen LogP) is 6.69. The monoisotopic (exact) mass is 742 g/mol. The van der Waals surface area contributed by atoms with Crippen molar-refractivity contribution in [2.75, 3.05) is 52.9 Å². The highest BCUT2D eigenvalue weighted by molar-refractivity contribution is 5.95. The molecule has 2 aliphatic heterocycles. The van der Waals surface area contributed by atoms with Crippen molar-refractivity contribution in [2.45, 2.75) is 92.1 Å². The number of aromatic amines is 2. The van der Waals surface area contributed by atoms with Crippen molar-refractivity contribution in [2.24, 2.45) is 0 Å². The Bertz CT molecular complexity index is 2060. The molecule has 12 nitrogen and oxygen atoms in total. The number of aliphatic hydroxyl groups is 1. The van der Waals surface area contributed by atoms with Crippen LogP contribution in [0.2, 0.25) is 0 Å². The molecule has 8 bridgehead atoms. The number of fused-ring (bicyclic) bond motifs is 8. The van der Waals surface area contributed by atoms with Crippen molar-refractivity contribution >= 4 is 45.2 Å². The minimum atomic E-state index is -0.328. The Morgan fingerprint density at radius 1 is 0.796 bits per heavy atom. The quantitative estimate of drug-likeness (QED) is 0.101. The van der Waals surface area contributed by atoms with Gasteiger partial charge in [-0.2, -0.15) is 0 Å². The number of aryl methyl sites for hydroxylation is 3. The molecule has 0 radical (unpaired) electrons. The molecule has 290 valence electrons. The fourth-order valence-corrected chi connectivity index (χ4v) is 7.85. The van der Waals surface area contributed by atoms with Gasteiger partial charge in [0.15, 0.2) is 0 Å². The maximum Gasteiger partial charge on any atom is 0.305 e. The Balaban J connectivity index is 1.17. The van der Waals surface area contributed by atoms with E-state index in [-0.39, 0.29) is 56.6 Å². The summed E-state index contributed by atoms with van der Waals surface area (Å²) in [5, 5.41) is 10.5. The highest BCUT2D eigenvalue weighted by Gasteiger charge is 2.35. The Morgan fingerprint density at radius 3 is 2.06 bits per heavy atom. The second-order valence-corrected chi connectivity index (χ2v) is 14.2. The van der Waals surface area contributed by atoms with Crippen molar-refractivity contribution in [3.8, 4) is 0 Å². The fraction of sp³-hybridized carbons (Fsp3) is 0.524. The van der Waals surface area contributed by atoms with Crippen molar-refractivity contribution in [1.82, 2.24) is 19.9 Å². The van der Waals surface area contributed by atoms with Crippen LogP contribution in [0.15, 0.2) is 18.2 Å². The molecule has 12 heteroatoms. The molecule has 0 fully saturated rings. The normalized spacial score (nSPS) is 16.4. The Hall–Kier alpha value is -4.36. The summed E-state index contributed by atoms with van der Waals surface area (Å²) in [6.07, 6.45) is 3.52. The van der Waals surface area contributed by atoms with Crippen LogP contribution < -0.4 is 0 Å².